The van der Waals surface area contributed by atoms with Gasteiger partial charge in [0.2, 0.25) is 11.2 Å². The summed E-state index contributed by atoms with van der Waals surface area (Å²) in [6, 6.07) is 5.15. The van der Waals surface area contributed by atoms with Gasteiger partial charge in [-0.05, 0) is 36.2 Å². The fourth-order valence-electron chi connectivity index (χ4n) is 3.41. The Kier molecular flexibility index (Phi) is 5.02. The van der Waals surface area contributed by atoms with Gasteiger partial charge in [0.1, 0.15) is 19.8 Å². The first kappa shape index (κ1) is 20.0. The van der Waals surface area contributed by atoms with Crippen LogP contribution in [0.5, 0.6) is 11.5 Å². The maximum Gasteiger partial charge on any atom is 0.332 e. The monoisotopic (exact) mass is 433 g/mol. The van der Waals surface area contributed by atoms with Gasteiger partial charge in [0, 0.05) is 14.1 Å². The number of carbonyl (C=O) groups is 1. The standard InChI is InChI=1S/C19H20ClN5O5/c1-10(11-4-5-12-13(8-11)30-7-6-29-12)21-14(26)9-25-15-16(22-18(25)20)23(2)19(28)24(3)17(15)27/h4-5,8,10H,6-7,9H2,1-3H3,(H,21,26). The van der Waals surface area contributed by atoms with Crippen LogP contribution in [-0.2, 0) is 25.4 Å². The summed E-state index contributed by atoms with van der Waals surface area (Å²) in [5.74, 6) is 0.934. The molecule has 1 aliphatic rings. The molecule has 3 aromatic rings. The van der Waals surface area contributed by atoms with Crippen LogP contribution in [-0.4, -0.2) is 37.8 Å². The van der Waals surface area contributed by atoms with Crippen LogP contribution in [0.1, 0.15) is 18.5 Å². The number of fused-ring (bicyclic) bond motifs is 2. The average Bonchev–Trinajstić information content (AvgIpc) is 3.06. The minimum atomic E-state index is -0.569. The van der Waals surface area contributed by atoms with Gasteiger partial charge in [-0.1, -0.05) is 6.07 Å². The van der Waals surface area contributed by atoms with Crippen molar-refractivity contribution in [3.05, 3.63) is 49.9 Å². The quantitative estimate of drug-likeness (QED) is 0.608. The van der Waals surface area contributed by atoms with Crippen LogP contribution in [0.25, 0.3) is 11.2 Å². The number of aromatic nitrogens is 4. The number of carbonyl (C=O) groups excluding carboxylic acids is 1. The Labute approximate surface area is 175 Å². The number of amides is 1. The lowest BCUT2D eigenvalue weighted by Crippen LogP contribution is -2.38. The molecule has 10 nitrogen and oxygen atoms in total. The number of nitrogens with zero attached hydrogens (tertiary/aromatic N) is 4. The molecule has 1 aliphatic heterocycles. The summed E-state index contributed by atoms with van der Waals surface area (Å²) < 4.78 is 14.6. The Balaban J connectivity index is 1.59. The zero-order valence-electron chi connectivity index (χ0n) is 16.6. The number of rotatable bonds is 4. The molecule has 2 aromatic heterocycles. The van der Waals surface area contributed by atoms with Gasteiger partial charge in [-0.3, -0.25) is 23.3 Å². The van der Waals surface area contributed by atoms with Crippen molar-refractivity contribution in [2.45, 2.75) is 19.5 Å². The van der Waals surface area contributed by atoms with E-state index < -0.39 is 11.2 Å². The van der Waals surface area contributed by atoms with E-state index in [1.807, 2.05) is 19.1 Å². The van der Waals surface area contributed by atoms with Gasteiger partial charge >= 0.3 is 5.69 Å². The Morgan fingerprint density at radius 3 is 2.63 bits per heavy atom. The normalized spacial score (nSPS) is 14.0. The molecule has 1 unspecified atom stereocenters. The van der Waals surface area contributed by atoms with E-state index in [9.17, 15) is 14.4 Å². The molecule has 1 aromatic carbocycles. The number of nitrogens with one attached hydrogen (secondary N) is 1. The van der Waals surface area contributed by atoms with Gasteiger partial charge < -0.3 is 14.8 Å². The molecular formula is C19H20ClN5O5. The van der Waals surface area contributed by atoms with Crippen molar-refractivity contribution in [2.75, 3.05) is 13.2 Å². The minimum absolute atomic E-state index is 0.0505. The summed E-state index contributed by atoms with van der Waals surface area (Å²) in [6.07, 6.45) is 0. The zero-order valence-corrected chi connectivity index (χ0v) is 17.4. The molecule has 0 saturated carbocycles. The van der Waals surface area contributed by atoms with Gasteiger partial charge in [-0.2, -0.15) is 4.98 Å². The van der Waals surface area contributed by atoms with Crippen LogP contribution in [0.3, 0.4) is 0 Å². The topological polar surface area (TPSA) is 109 Å². The predicted molar refractivity (Wildman–Crippen MR) is 109 cm³/mol. The Morgan fingerprint density at radius 1 is 1.20 bits per heavy atom. The predicted octanol–water partition coefficient (Wildman–Crippen LogP) is 0.736. The maximum atomic E-state index is 12.7. The first-order valence-corrected chi connectivity index (χ1v) is 9.66. The van der Waals surface area contributed by atoms with Crippen molar-refractivity contribution >= 4 is 28.7 Å². The summed E-state index contributed by atoms with van der Waals surface area (Å²) >= 11 is 6.17. The Hall–Kier alpha value is -3.27. The lowest BCUT2D eigenvalue weighted by Gasteiger charge is -2.21. The molecule has 30 heavy (non-hydrogen) atoms. The van der Waals surface area contributed by atoms with Crippen molar-refractivity contribution in [1.82, 2.24) is 24.0 Å². The second-order valence-electron chi connectivity index (χ2n) is 7.04. The molecule has 4 rings (SSSR count). The SMILES string of the molecule is CC(NC(=O)Cn1c(Cl)nc2c1c(=O)n(C)c(=O)n2C)c1ccc2c(c1)OCCO2. The van der Waals surface area contributed by atoms with Crippen LogP contribution in [0, 0.1) is 0 Å². The van der Waals surface area contributed by atoms with Crippen LogP contribution >= 0.6 is 11.6 Å². The fraction of sp³-hybridized carbons (Fsp3) is 0.368. The van der Waals surface area contributed by atoms with Crippen LogP contribution < -0.4 is 26.0 Å². The fourth-order valence-corrected chi connectivity index (χ4v) is 3.63. The smallest absolute Gasteiger partial charge is 0.332 e. The molecule has 0 saturated heterocycles. The van der Waals surface area contributed by atoms with E-state index in [1.165, 1.54) is 23.2 Å². The van der Waals surface area contributed by atoms with Crippen molar-refractivity contribution in [3.8, 4) is 11.5 Å². The third-order valence-corrected chi connectivity index (χ3v) is 5.34. The van der Waals surface area contributed by atoms with E-state index >= 15 is 0 Å². The molecule has 1 N–H and O–H groups in total. The first-order valence-electron chi connectivity index (χ1n) is 9.28. The number of imidazole rings is 1. The molecule has 3 heterocycles. The van der Waals surface area contributed by atoms with Gasteiger partial charge in [0.25, 0.3) is 5.56 Å². The first-order chi connectivity index (χ1) is 14.3. The van der Waals surface area contributed by atoms with E-state index in [1.54, 1.807) is 6.07 Å². The van der Waals surface area contributed by atoms with Gasteiger partial charge in [-0.15, -0.1) is 0 Å². The van der Waals surface area contributed by atoms with E-state index in [2.05, 4.69) is 10.3 Å². The number of hydrogen-bond donors (Lipinski definition) is 1. The van der Waals surface area contributed by atoms with Crippen molar-refractivity contribution < 1.29 is 14.3 Å². The van der Waals surface area contributed by atoms with Crippen LogP contribution in [0.15, 0.2) is 27.8 Å². The lowest BCUT2D eigenvalue weighted by atomic mass is 10.1. The average molecular weight is 434 g/mol. The summed E-state index contributed by atoms with van der Waals surface area (Å²) in [5, 5.41) is 2.82. The molecule has 0 aliphatic carbocycles. The van der Waals surface area contributed by atoms with Gasteiger partial charge in [0.05, 0.1) is 6.04 Å². The highest BCUT2D eigenvalue weighted by molar-refractivity contribution is 6.29. The third kappa shape index (κ3) is 3.32. The third-order valence-electron chi connectivity index (χ3n) is 5.05. The number of halogens is 1. The number of benzene rings is 1. The van der Waals surface area contributed by atoms with E-state index in [-0.39, 0.29) is 34.9 Å². The summed E-state index contributed by atoms with van der Waals surface area (Å²) in [6.45, 7) is 2.58. The van der Waals surface area contributed by atoms with Crippen LogP contribution in [0.4, 0.5) is 0 Å². The van der Waals surface area contributed by atoms with Crippen molar-refractivity contribution in [2.24, 2.45) is 14.1 Å². The van der Waals surface area contributed by atoms with Crippen LogP contribution in [0.2, 0.25) is 5.28 Å². The van der Waals surface area contributed by atoms with E-state index in [4.69, 9.17) is 21.1 Å². The molecule has 0 radical (unpaired) electrons. The lowest BCUT2D eigenvalue weighted by molar-refractivity contribution is -0.122. The molecular weight excluding hydrogens is 414 g/mol. The molecule has 0 fully saturated rings. The maximum absolute atomic E-state index is 12.7. The zero-order chi connectivity index (χ0) is 21.6. The van der Waals surface area contributed by atoms with E-state index in [0.29, 0.717) is 24.7 Å². The second-order valence-corrected chi connectivity index (χ2v) is 7.38. The number of ether oxygens (including phenoxy) is 2. The second kappa shape index (κ2) is 7.52. The summed E-state index contributed by atoms with van der Waals surface area (Å²) in [4.78, 5) is 41.4. The summed E-state index contributed by atoms with van der Waals surface area (Å²) in [7, 11) is 2.85. The van der Waals surface area contributed by atoms with Gasteiger partial charge in [-0.25, -0.2) is 4.79 Å². The summed E-state index contributed by atoms with van der Waals surface area (Å²) in [5.41, 5.74) is -0.0364. The Bertz CT molecular complexity index is 1280. The Morgan fingerprint density at radius 2 is 1.90 bits per heavy atom. The molecule has 0 spiro atoms. The highest BCUT2D eigenvalue weighted by Gasteiger charge is 2.21. The minimum Gasteiger partial charge on any atom is -0.486 e. The van der Waals surface area contributed by atoms with Crippen molar-refractivity contribution in [3.63, 3.8) is 0 Å². The largest absolute Gasteiger partial charge is 0.486 e. The highest BCUT2D eigenvalue weighted by atomic mass is 35.5. The van der Waals surface area contributed by atoms with Gasteiger partial charge in [0.15, 0.2) is 22.7 Å². The molecule has 158 valence electrons. The van der Waals surface area contributed by atoms with Crippen molar-refractivity contribution in [1.29, 1.82) is 0 Å². The number of aryl methyl sites for hydroxylation is 1. The molecule has 1 atom stereocenters. The van der Waals surface area contributed by atoms with E-state index in [0.717, 1.165) is 10.1 Å². The molecule has 11 heteroatoms. The highest BCUT2D eigenvalue weighted by Crippen LogP contribution is 2.32. The number of hydrogen-bond acceptors (Lipinski definition) is 6. The molecule has 1 amide bonds. The molecule has 0 bridgehead atoms.